The fraction of sp³-hybridized carbons (Fsp3) is 0.100. The summed E-state index contributed by atoms with van der Waals surface area (Å²) in [6.45, 7) is 0. The third-order valence-corrected chi connectivity index (χ3v) is 1.46. The quantitative estimate of drug-likeness (QED) is 0.505. The SMILES string of the molecule is C#COc1ccccc1C(=O)OC. The van der Waals surface area contributed by atoms with E-state index in [1.54, 1.807) is 24.3 Å². The van der Waals surface area contributed by atoms with Crippen LogP contribution in [-0.4, -0.2) is 13.1 Å². The number of terminal acetylenes is 1. The summed E-state index contributed by atoms with van der Waals surface area (Å²) in [6.07, 6.45) is 6.94. The Labute approximate surface area is 76.3 Å². The predicted octanol–water partition coefficient (Wildman–Crippen LogP) is 1.44. The lowest BCUT2D eigenvalue weighted by atomic mass is 10.2. The molecule has 0 aromatic heterocycles. The monoisotopic (exact) mass is 176 g/mol. The minimum atomic E-state index is -0.467. The number of rotatable bonds is 2. The molecule has 0 saturated carbocycles. The molecule has 1 aromatic rings. The van der Waals surface area contributed by atoms with E-state index < -0.39 is 5.97 Å². The number of esters is 1. The highest BCUT2D eigenvalue weighted by Crippen LogP contribution is 2.17. The second kappa shape index (κ2) is 4.17. The Kier molecular flexibility index (Phi) is 2.93. The maximum atomic E-state index is 11.1. The van der Waals surface area contributed by atoms with Gasteiger partial charge in [0.05, 0.1) is 7.11 Å². The number of para-hydroxylation sites is 1. The van der Waals surface area contributed by atoms with Crippen molar-refractivity contribution >= 4 is 5.97 Å². The number of carbonyl (C=O) groups excluding carboxylic acids is 1. The van der Waals surface area contributed by atoms with Crippen LogP contribution in [0.2, 0.25) is 0 Å². The van der Waals surface area contributed by atoms with Gasteiger partial charge in [-0.1, -0.05) is 18.6 Å². The van der Waals surface area contributed by atoms with Crippen LogP contribution in [0, 0.1) is 12.5 Å². The van der Waals surface area contributed by atoms with Crippen molar-refractivity contribution in [2.75, 3.05) is 7.11 Å². The zero-order valence-electron chi connectivity index (χ0n) is 7.11. The van der Waals surface area contributed by atoms with Crippen molar-refractivity contribution in [1.82, 2.24) is 0 Å². The molecule has 3 heteroatoms. The summed E-state index contributed by atoms with van der Waals surface area (Å²) in [6, 6.07) is 6.61. The Morgan fingerprint density at radius 1 is 1.46 bits per heavy atom. The van der Waals surface area contributed by atoms with E-state index in [2.05, 4.69) is 4.74 Å². The molecule has 0 fully saturated rings. The average Bonchev–Trinajstić information content (AvgIpc) is 2.18. The van der Waals surface area contributed by atoms with Gasteiger partial charge >= 0.3 is 5.97 Å². The minimum absolute atomic E-state index is 0.322. The molecule has 13 heavy (non-hydrogen) atoms. The van der Waals surface area contributed by atoms with E-state index in [0.29, 0.717) is 11.3 Å². The molecule has 1 aromatic carbocycles. The van der Waals surface area contributed by atoms with Gasteiger partial charge in [0, 0.05) is 0 Å². The van der Waals surface area contributed by atoms with Crippen LogP contribution >= 0.6 is 0 Å². The Hall–Kier alpha value is -1.95. The van der Waals surface area contributed by atoms with Gasteiger partial charge < -0.3 is 9.47 Å². The summed E-state index contributed by atoms with van der Waals surface area (Å²) in [5.41, 5.74) is 0.322. The number of benzene rings is 1. The van der Waals surface area contributed by atoms with Crippen LogP contribution in [0.3, 0.4) is 0 Å². The van der Waals surface area contributed by atoms with E-state index >= 15 is 0 Å². The van der Waals surface area contributed by atoms with Gasteiger partial charge in [0.15, 0.2) is 5.75 Å². The van der Waals surface area contributed by atoms with Crippen molar-refractivity contribution in [3.05, 3.63) is 29.8 Å². The summed E-state index contributed by atoms with van der Waals surface area (Å²) < 4.78 is 9.32. The molecule has 3 nitrogen and oxygen atoms in total. The van der Waals surface area contributed by atoms with Crippen LogP contribution in [0.1, 0.15) is 10.4 Å². The molecular weight excluding hydrogens is 168 g/mol. The Morgan fingerprint density at radius 2 is 2.15 bits per heavy atom. The van der Waals surface area contributed by atoms with Gasteiger partial charge in [-0.25, -0.2) is 4.79 Å². The molecule has 0 spiro atoms. The summed E-state index contributed by atoms with van der Waals surface area (Å²) in [7, 11) is 1.30. The third-order valence-electron chi connectivity index (χ3n) is 1.46. The molecule has 0 bridgehead atoms. The number of carbonyl (C=O) groups is 1. The Morgan fingerprint density at radius 3 is 2.77 bits per heavy atom. The number of methoxy groups -OCH3 is 1. The van der Waals surface area contributed by atoms with Gasteiger partial charge in [-0.05, 0) is 12.1 Å². The third kappa shape index (κ3) is 2.00. The first-order valence-corrected chi connectivity index (χ1v) is 3.59. The first-order chi connectivity index (χ1) is 6.29. The van der Waals surface area contributed by atoms with E-state index in [4.69, 9.17) is 11.2 Å². The van der Waals surface area contributed by atoms with Crippen molar-refractivity contribution in [3.8, 4) is 18.3 Å². The fourth-order valence-electron chi connectivity index (χ4n) is 0.898. The highest BCUT2D eigenvalue weighted by molar-refractivity contribution is 5.92. The maximum Gasteiger partial charge on any atom is 0.341 e. The highest BCUT2D eigenvalue weighted by Gasteiger charge is 2.11. The van der Waals surface area contributed by atoms with E-state index in [1.165, 1.54) is 7.11 Å². The van der Waals surface area contributed by atoms with Crippen molar-refractivity contribution in [1.29, 1.82) is 0 Å². The number of ether oxygens (including phenoxy) is 2. The molecule has 0 radical (unpaired) electrons. The van der Waals surface area contributed by atoms with Gasteiger partial charge in [0.1, 0.15) is 11.7 Å². The van der Waals surface area contributed by atoms with Gasteiger partial charge in [-0.3, -0.25) is 0 Å². The molecule has 0 N–H and O–H groups in total. The maximum absolute atomic E-state index is 11.1. The summed E-state index contributed by atoms with van der Waals surface area (Å²) in [5.74, 6) is -0.136. The lowest BCUT2D eigenvalue weighted by Crippen LogP contribution is -2.03. The number of hydrogen-bond acceptors (Lipinski definition) is 3. The van der Waals surface area contributed by atoms with E-state index in [0.717, 1.165) is 0 Å². The standard InChI is InChI=1S/C10H8O3/c1-3-13-9-7-5-4-6-8(9)10(11)12-2/h1,4-7H,2H3. The molecule has 0 aliphatic rings. The molecule has 0 unspecified atom stereocenters. The van der Waals surface area contributed by atoms with Gasteiger partial charge in [-0.15, -0.1) is 0 Å². The van der Waals surface area contributed by atoms with Crippen molar-refractivity contribution in [3.63, 3.8) is 0 Å². The predicted molar refractivity (Wildman–Crippen MR) is 47.2 cm³/mol. The molecule has 0 aliphatic carbocycles. The van der Waals surface area contributed by atoms with Crippen molar-refractivity contribution < 1.29 is 14.3 Å². The summed E-state index contributed by atoms with van der Waals surface area (Å²) in [5, 5.41) is 0. The Balaban J connectivity index is 3.05. The fourth-order valence-corrected chi connectivity index (χ4v) is 0.898. The van der Waals surface area contributed by atoms with Crippen molar-refractivity contribution in [2.24, 2.45) is 0 Å². The van der Waals surface area contributed by atoms with Crippen LogP contribution in [0.15, 0.2) is 24.3 Å². The van der Waals surface area contributed by atoms with Gasteiger partial charge in [-0.2, -0.15) is 0 Å². The molecule has 66 valence electrons. The summed E-state index contributed by atoms with van der Waals surface area (Å²) >= 11 is 0. The lowest BCUT2D eigenvalue weighted by Gasteiger charge is -2.03. The molecular formula is C10H8O3. The molecule has 0 aliphatic heterocycles. The largest absolute Gasteiger partial charge is 0.465 e. The van der Waals surface area contributed by atoms with Crippen LogP contribution in [0.4, 0.5) is 0 Å². The molecule has 0 amide bonds. The highest BCUT2D eigenvalue weighted by atomic mass is 16.5. The van der Waals surface area contributed by atoms with E-state index in [1.807, 2.05) is 6.11 Å². The normalized spacial score (nSPS) is 8.62. The van der Waals surface area contributed by atoms with Crippen LogP contribution in [0.5, 0.6) is 5.75 Å². The lowest BCUT2D eigenvalue weighted by molar-refractivity contribution is 0.0598. The first-order valence-electron chi connectivity index (χ1n) is 3.59. The van der Waals surface area contributed by atoms with Gasteiger partial charge in [0.25, 0.3) is 0 Å². The van der Waals surface area contributed by atoms with E-state index in [-0.39, 0.29) is 0 Å². The van der Waals surface area contributed by atoms with Crippen LogP contribution in [-0.2, 0) is 4.74 Å². The molecule has 0 saturated heterocycles. The molecule has 0 atom stereocenters. The second-order valence-electron chi connectivity index (χ2n) is 2.21. The average molecular weight is 176 g/mol. The van der Waals surface area contributed by atoms with Crippen molar-refractivity contribution in [2.45, 2.75) is 0 Å². The molecule has 0 heterocycles. The number of hydrogen-bond donors (Lipinski definition) is 0. The van der Waals surface area contributed by atoms with Crippen LogP contribution in [0.25, 0.3) is 0 Å². The zero-order chi connectivity index (χ0) is 9.68. The summed E-state index contributed by atoms with van der Waals surface area (Å²) in [4.78, 5) is 11.1. The smallest absolute Gasteiger partial charge is 0.341 e. The van der Waals surface area contributed by atoms with E-state index in [9.17, 15) is 4.79 Å². The first kappa shape index (κ1) is 9.14. The Bertz CT molecular complexity index is 349. The van der Waals surface area contributed by atoms with Crippen LogP contribution < -0.4 is 4.74 Å². The minimum Gasteiger partial charge on any atom is -0.465 e. The topological polar surface area (TPSA) is 35.5 Å². The molecule has 1 rings (SSSR count). The van der Waals surface area contributed by atoms with Gasteiger partial charge in [0.2, 0.25) is 0 Å². The zero-order valence-corrected chi connectivity index (χ0v) is 7.11. The second-order valence-corrected chi connectivity index (χ2v) is 2.21.